The van der Waals surface area contributed by atoms with Crippen LogP contribution in [-0.4, -0.2) is 31.2 Å². The Morgan fingerprint density at radius 3 is 2.67 bits per heavy atom. The summed E-state index contributed by atoms with van der Waals surface area (Å²) in [4.78, 5) is 16.3. The number of ether oxygens (including phenoxy) is 1. The highest BCUT2D eigenvalue weighted by molar-refractivity contribution is 7.91. The lowest BCUT2D eigenvalue weighted by molar-refractivity contribution is -0.145. The Balaban J connectivity index is 2.18. The zero-order valence-corrected chi connectivity index (χ0v) is 13.2. The molecule has 0 amide bonds. The van der Waals surface area contributed by atoms with Crippen LogP contribution in [-0.2, 0) is 25.1 Å². The fourth-order valence-corrected chi connectivity index (χ4v) is 3.93. The third kappa shape index (κ3) is 4.03. The Morgan fingerprint density at radius 2 is 2.10 bits per heavy atom. The first kappa shape index (κ1) is 15.9. The van der Waals surface area contributed by atoms with Crippen molar-refractivity contribution in [1.82, 2.24) is 4.98 Å². The molecular formula is C15H21NO4S. The molecule has 5 nitrogen and oxygen atoms in total. The third-order valence-electron chi connectivity index (χ3n) is 3.55. The van der Waals surface area contributed by atoms with Crippen LogP contribution in [0.3, 0.4) is 0 Å². The second kappa shape index (κ2) is 6.56. The van der Waals surface area contributed by atoms with Crippen LogP contribution < -0.4 is 0 Å². The van der Waals surface area contributed by atoms with Gasteiger partial charge in [-0.05, 0) is 38.3 Å². The van der Waals surface area contributed by atoms with Gasteiger partial charge in [-0.25, -0.2) is 8.42 Å². The maximum atomic E-state index is 12.0. The molecule has 1 aliphatic carbocycles. The van der Waals surface area contributed by atoms with E-state index < -0.39 is 15.8 Å². The molecule has 0 aliphatic heterocycles. The highest BCUT2D eigenvalue weighted by atomic mass is 32.2. The van der Waals surface area contributed by atoms with Gasteiger partial charge >= 0.3 is 5.97 Å². The lowest BCUT2D eigenvalue weighted by Gasteiger charge is -2.14. The number of pyridine rings is 1. The first-order valence-electron chi connectivity index (χ1n) is 7.32. The van der Waals surface area contributed by atoms with Crippen molar-refractivity contribution >= 4 is 15.8 Å². The molecule has 1 aromatic rings. The Bertz CT molecular complexity index is 608. The van der Waals surface area contributed by atoms with E-state index in [2.05, 4.69) is 4.98 Å². The van der Waals surface area contributed by atoms with Gasteiger partial charge in [0.2, 0.25) is 0 Å². The van der Waals surface area contributed by atoms with Crippen LogP contribution >= 0.6 is 0 Å². The average Bonchev–Trinajstić information content (AvgIpc) is 3.24. The molecule has 1 saturated carbocycles. The van der Waals surface area contributed by atoms with Crippen molar-refractivity contribution in [2.75, 3.05) is 6.61 Å². The van der Waals surface area contributed by atoms with Gasteiger partial charge in [-0.1, -0.05) is 13.0 Å². The van der Waals surface area contributed by atoms with Gasteiger partial charge in [0.15, 0.2) is 9.84 Å². The minimum atomic E-state index is -3.10. The van der Waals surface area contributed by atoms with Crippen LogP contribution in [0.5, 0.6) is 0 Å². The van der Waals surface area contributed by atoms with Crippen LogP contribution in [0.4, 0.5) is 0 Å². The first-order valence-corrected chi connectivity index (χ1v) is 9.03. The van der Waals surface area contributed by atoms with E-state index in [9.17, 15) is 13.2 Å². The second-order valence-corrected chi connectivity index (χ2v) is 7.55. The van der Waals surface area contributed by atoms with Crippen LogP contribution in [0.15, 0.2) is 18.2 Å². The highest BCUT2D eigenvalue weighted by Crippen LogP contribution is 2.30. The lowest BCUT2D eigenvalue weighted by Crippen LogP contribution is -2.18. The molecule has 0 aromatic carbocycles. The van der Waals surface area contributed by atoms with Crippen molar-refractivity contribution in [3.05, 3.63) is 29.6 Å². The molecule has 21 heavy (non-hydrogen) atoms. The molecule has 0 bridgehead atoms. The zero-order chi connectivity index (χ0) is 15.5. The summed E-state index contributed by atoms with van der Waals surface area (Å²) in [6, 6.07) is 5.20. The minimum Gasteiger partial charge on any atom is -0.465 e. The molecule has 1 aromatic heterocycles. The number of aromatic nitrogens is 1. The SMILES string of the molecule is CCOC(=O)C(CC)c1cccc(CS(=O)(=O)C2CC2)n1. The largest absolute Gasteiger partial charge is 0.465 e. The van der Waals surface area contributed by atoms with E-state index in [1.54, 1.807) is 25.1 Å². The summed E-state index contributed by atoms with van der Waals surface area (Å²) < 4.78 is 29.1. The van der Waals surface area contributed by atoms with Gasteiger partial charge in [-0.3, -0.25) is 9.78 Å². The molecule has 1 heterocycles. The van der Waals surface area contributed by atoms with E-state index in [0.717, 1.165) is 12.8 Å². The molecule has 1 aliphatic rings. The summed E-state index contributed by atoms with van der Waals surface area (Å²) in [5, 5.41) is -0.199. The Hall–Kier alpha value is -1.43. The molecular weight excluding hydrogens is 290 g/mol. The minimum absolute atomic E-state index is 0.0508. The fraction of sp³-hybridized carbons (Fsp3) is 0.600. The standard InChI is InChI=1S/C15H21NO4S/c1-3-13(15(17)20-4-2)14-7-5-6-11(16-14)10-21(18,19)12-8-9-12/h5-7,12-13H,3-4,8-10H2,1-2H3. The Kier molecular flexibility index (Phi) is 4.98. The van der Waals surface area contributed by atoms with E-state index in [4.69, 9.17) is 4.74 Å². The number of esters is 1. The van der Waals surface area contributed by atoms with Crippen molar-refractivity contribution in [2.24, 2.45) is 0 Å². The molecule has 1 fully saturated rings. The number of sulfone groups is 1. The van der Waals surface area contributed by atoms with Gasteiger partial charge in [0.1, 0.15) is 0 Å². The van der Waals surface area contributed by atoms with E-state index in [1.165, 1.54) is 0 Å². The third-order valence-corrected chi connectivity index (χ3v) is 5.73. The molecule has 2 rings (SSSR count). The molecule has 0 radical (unpaired) electrons. The van der Waals surface area contributed by atoms with Crippen LogP contribution in [0.2, 0.25) is 0 Å². The number of hydrogen-bond acceptors (Lipinski definition) is 5. The van der Waals surface area contributed by atoms with Gasteiger partial charge in [0.05, 0.1) is 34.9 Å². The zero-order valence-electron chi connectivity index (χ0n) is 12.4. The van der Waals surface area contributed by atoms with E-state index in [1.807, 2.05) is 6.92 Å². The van der Waals surface area contributed by atoms with E-state index in [0.29, 0.717) is 24.4 Å². The summed E-state index contributed by atoms with van der Waals surface area (Å²) in [6.45, 7) is 3.97. The van der Waals surface area contributed by atoms with Crippen LogP contribution in [0.25, 0.3) is 0 Å². The van der Waals surface area contributed by atoms with Gasteiger partial charge < -0.3 is 4.74 Å². The monoisotopic (exact) mass is 311 g/mol. The summed E-state index contributed by atoms with van der Waals surface area (Å²) in [7, 11) is -3.10. The molecule has 1 atom stereocenters. The van der Waals surface area contributed by atoms with Gasteiger partial charge in [0.25, 0.3) is 0 Å². The number of carbonyl (C=O) groups is 1. The van der Waals surface area contributed by atoms with E-state index >= 15 is 0 Å². The fourth-order valence-electron chi connectivity index (χ4n) is 2.26. The van der Waals surface area contributed by atoms with Gasteiger partial charge in [-0.2, -0.15) is 0 Å². The molecule has 1 unspecified atom stereocenters. The summed E-state index contributed by atoms with van der Waals surface area (Å²) >= 11 is 0. The summed E-state index contributed by atoms with van der Waals surface area (Å²) in [6.07, 6.45) is 2.08. The van der Waals surface area contributed by atoms with Crippen LogP contribution in [0, 0.1) is 0 Å². The Morgan fingerprint density at radius 1 is 1.38 bits per heavy atom. The summed E-state index contributed by atoms with van der Waals surface area (Å²) in [5.41, 5.74) is 1.08. The molecule has 0 spiro atoms. The van der Waals surface area contributed by atoms with Gasteiger partial charge in [0, 0.05) is 0 Å². The molecule has 116 valence electrons. The lowest BCUT2D eigenvalue weighted by atomic mass is 10.0. The number of carbonyl (C=O) groups excluding carboxylic acids is 1. The predicted octanol–water partition coefficient (Wildman–Crippen LogP) is 2.22. The maximum Gasteiger partial charge on any atom is 0.315 e. The number of rotatable bonds is 7. The Labute approximate surface area is 125 Å². The van der Waals surface area contributed by atoms with Crippen molar-refractivity contribution in [3.8, 4) is 0 Å². The molecule has 0 saturated heterocycles. The van der Waals surface area contributed by atoms with Crippen molar-refractivity contribution in [1.29, 1.82) is 0 Å². The quantitative estimate of drug-likeness (QED) is 0.722. The highest BCUT2D eigenvalue weighted by Gasteiger charge is 2.35. The number of nitrogens with zero attached hydrogens (tertiary/aromatic N) is 1. The summed E-state index contributed by atoms with van der Waals surface area (Å²) in [5.74, 6) is -0.798. The second-order valence-electron chi connectivity index (χ2n) is 5.27. The molecule has 0 N–H and O–H groups in total. The topological polar surface area (TPSA) is 73.3 Å². The van der Waals surface area contributed by atoms with E-state index in [-0.39, 0.29) is 17.0 Å². The average molecular weight is 311 g/mol. The first-order chi connectivity index (χ1) is 9.97. The van der Waals surface area contributed by atoms with Gasteiger partial charge in [-0.15, -0.1) is 0 Å². The smallest absolute Gasteiger partial charge is 0.315 e. The normalized spacial score (nSPS) is 16.5. The predicted molar refractivity (Wildman–Crippen MR) is 79.5 cm³/mol. The maximum absolute atomic E-state index is 12.0. The molecule has 6 heteroatoms. The van der Waals surface area contributed by atoms with Crippen molar-refractivity contribution in [3.63, 3.8) is 0 Å². The number of hydrogen-bond donors (Lipinski definition) is 0. The van der Waals surface area contributed by atoms with Crippen LogP contribution in [0.1, 0.15) is 50.4 Å². The van der Waals surface area contributed by atoms with Crippen molar-refractivity contribution < 1.29 is 17.9 Å². The van der Waals surface area contributed by atoms with Crippen molar-refractivity contribution in [2.45, 2.75) is 50.0 Å².